The van der Waals surface area contributed by atoms with E-state index in [4.69, 9.17) is 5.26 Å². The second kappa shape index (κ2) is 4.94. The van der Waals surface area contributed by atoms with Crippen LogP contribution in [0.5, 0.6) is 0 Å². The molecule has 0 unspecified atom stereocenters. The van der Waals surface area contributed by atoms with Gasteiger partial charge < -0.3 is 4.74 Å². The number of ether oxygens (including phenoxy) is 1. The first kappa shape index (κ1) is 11.7. The fourth-order valence-electron chi connectivity index (χ4n) is 1.28. The molecule has 1 aromatic carbocycles. The standard InChI is InChI=1S/C11H10BrNO2/c1-7-8(6-13)3-4-10(12)9(7)5-11(14)15-2/h3-4H,5H2,1-2H3. The molecule has 0 aliphatic carbocycles. The molecule has 0 heterocycles. The van der Waals surface area contributed by atoms with Crippen molar-refractivity contribution in [2.24, 2.45) is 0 Å². The average molecular weight is 268 g/mol. The van der Waals surface area contributed by atoms with Gasteiger partial charge in [-0.05, 0) is 30.2 Å². The van der Waals surface area contributed by atoms with Crippen molar-refractivity contribution in [1.29, 1.82) is 5.26 Å². The molecule has 0 N–H and O–H groups in total. The van der Waals surface area contributed by atoms with Gasteiger partial charge >= 0.3 is 5.97 Å². The molecule has 0 bridgehead atoms. The highest BCUT2D eigenvalue weighted by atomic mass is 79.9. The summed E-state index contributed by atoms with van der Waals surface area (Å²) < 4.78 is 5.42. The van der Waals surface area contributed by atoms with Gasteiger partial charge in [-0.1, -0.05) is 15.9 Å². The van der Waals surface area contributed by atoms with Crippen molar-refractivity contribution in [1.82, 2.24) is 0 Å². The van der Waals surface area contributed by atoms with Crippen LogP contribution in [0.3, 0.4) is 0 Å². The number of halogens is 1. The molecule has 0 fully saturated rings. The molecule has 0 aliphatic rings. The quantitative estimate of drug-likeness (QED) is 0.773. The molecule has 78 valence electrons. The fourth-order valence-corrected chi connectivity index (χ4v) is 1.85. The maximum absolute atomic E-state index is 11.2. The lowest BCUT2D eigenvalue weighted by atomic mass is 10.0. The number of hydrogen-bond donors (Lipinski definition) is 0. The molecule has 0 atom stereocenters. The third-order valence-corrected chi connectivity index (χ3v) is 2.95. The molecule has 0 saturated heterocycles. The SMILES string of the molecule is COC(=O)Cc1c(Br)ccc(C#N)c1C. The van der Waals surface area contributed by atoms with Crippen molar-refractivity contribution in [3.05, 3.63) is 33.3 Å². The summed E-state index contributed by atoms with van der Waals surface area (Å²) in [7, 11) is 1.35. The van der Waals surface area contributed by atoms with E-state index >= 15 is 0 Å². The molecule has 0 spiro atoms. The van der Waals surface area contributed by atoms with Crippen LogP contribution >= 0.6 is 15.9 Å². The summed E-state index contributed by atoms with van der Waals surface area (Å²) in [5.41, 5.74) is 2.20. The van der Waals surface area contributed by atoms with E-state index in [1.54, 1.807) is 12.1 Å². The molecule has 0 amide bonds. The van der Waals surface area contributed by atoms with E-state index in [0.29, 0.717) is 5.56 Å². The second-order valence-corrected chi connectivity index (χ2v) is 3.92. The minimum absolute atomic E-state index is 0.179. The van der Waals surface area contributed by atoms with Gasteiger partial charge in [0.15, 0.2) is 0 Å². The highest BCUT2D eigenvalue weighted by Crippen LogP contribution is 2.23. The average Bonchev–Trinajstić information content (AvgIpc) is 2.24. The van der Waals surface area contributed by atoms with Crippen molar-refractivity contribution in [2.75, 3.05) is 7.11 Å². The van der Waals surface area contributed by atoms with E-state index in [0.717, 1.165) is 15.6 Å². The minimum atomic E-state index is -0.311. The molecular weight excluding hydrogens is 258 g/mol. The van der Waals surface area contributed by atoms with Crippen molar-refractivity contribution in [3.63, 3.8) is 0 Å². The molecule has 0 radical (unpaired) electrons. The van der Waals surface area contributed by atoms with Gasteiger partial charge in [-0.25, -0.2) is 0 Å². The Morgan fingerprint density at radius 1 is 1.60 bits per heavy atom. The van der Waals surface area contributed by atoms with Crippen LogP contribution in [0.4, 0.5) is 0 Å². The molecule has 4 heteroatoms. The summed E-state index contributed by atoms with van der Waals surface area (Å²) in [6, 6.07) is 5.57. The van der Waals surface area contributed by atoms with Crippen LogP contribution < -0.4 is 0 Å². The van der Waals surface area contributed by atoms with E-state index in [9.17, 15) is 4.79 Å². The Bertz CT molecular complexity index is 435. The van der Waals surface area contributed by atoms with Crippen molar-refractivity contribution < 1.29 is 9.53 Å². The number of carbonyl (C=O) groups excluding carboxylic acids is 1. The van der Waals surface area contributed by atoms with E-state index in [2.05, 4.69) is 26.7 Å². The van der Waals surface area contributed by atoms with Crippen LogP contribution in [0.25, 0.3) is 0 Å². The highest BCUT2D eigenvalue weighted by Gasteiger charge is 2.12. The minimum Gasteiger partial charge on any atom is -0.469 e. The van der Waals surface area contributed by atoms with Crippen molar-refractivity contribution in [3.8, 4) is 6.07 Å². The zero-order valence-corrected chi connectivity index (χ0v) is 10.1. The normalized spacial score (nSPS) is 9.47. The van der Waals surface area contributed by atoms with Crippen LogP contribution in [-0.2, 0) is 16.0 Å². The summed E-state index contributed by atoms with van der Waals surface area (Å²) >= 11 is 3.35. The van der Waals surface area contributed by atoms with Crippen LogP contribution in [-0.4, -0.2) is 13.1 Å². The summed E-state index contributed by atoms with van der Waals surface area (Å²) in [5, 5.41) is 8.84. The first-order chi connectivity index (χ1) is 7.10. The Labute approximate surface area is 96.8 Å². The van der Waals surface area contributed by atoms with Gasteiger partial charge in [0.25, 0.3) is 0 Å². The molecule has 0 saturated carbocycles. The van der Waals surface area contributed by atoms with Crippen LogP contribution in [0.15, 0.2) is 16.6 Å². The lowest BCUT2D eigenvalue weighted by Gasteiger charge is -2.08. The number of esters is 1. The smallest absolute Gasteiger partial charge is 0.310 e. The lowest BCUT2D eigenvalue weighted by Crippen LogP contribution is -2.07. The molecule has 1 rings (SSSR count). The fraction of sp³-hybridized carbons (Fsp3) is 0.273. The van der Waals surface area contributed by atoms with E-state index in [-0.39, 0.29) is 12.4 Å². The van der Waals surface area contributed by atoms with Crippen molar-refractivity contribution in [2.45, 2.75) is 13.3 Å². The van der Waals surface area contributed by atoms with Crippen molar-refractivity contribution >= 4 is 21.9 Å². The molecule has 1 aromatic rings. The van der Waals surface area contributed by atoms with Gasteiger partial charge in [0, 0.05) is 4.47 Å². The predicted molar refractivity (Wildman–Crippen MR) is 59.3 cm³/mol. The van der Waals surface area contributed by atoms with Crippen LogP contribution in [0.2, 0.25) is 0 Å². The van der Waals surface area contributed by atoms with Crippen LogP contribution in [0.1, 0.15) is 16.7 Å². The Morgan fingerprint density at radius 3 is 2.80 bits per heavy atom. The zero-order valence-electron chi connectivity index (χ0n) is 8.50. The Hall–Kier alpha value is -1.34. The Kier molecular flexibility index (Phi) is 3.87. The molecule has 0 aliphatic heterocycles. The lowest BCUT2D eigenvalue weighted by molar-refractivity contribution is -0.139. The van der Waals surface area contributed by atoms with E-state index < -0.39 is 0 Å². The number of hydrogen-bond acceptors (Lipinski definition) is 3. The number of rotatable bonds is 2. The predicted octanol–water partition coefficient (Wildman–Crippen LogP) is 2.34. The highest BCUT2D eigenvalue weighted by molar-refractivity contribution is 9.10. The van der Waals surface area contributed by atoms with Crippen LogP contribution in [0, 0.1) is 18.3 Å². The van der Waals surface area contributed by atoms with Gasteiger partial charge in [-0.2, -0.15) is 5.26 Å². The topological polar surface area (TPSA) is 50.1 Å². The monoisotopic (exact) mass is 267 g/mol. The number of carbonyl (C=O) groups is 1. The molecule has 15 heavy (non-hydrogen) atoms. The van der Waals surface area contributed by atoms with Gasteiger partial charge in [0.05, 0.1) is 25.2 Å². The largest absolute Gasteiger partial charge is 0.469 e. The Balaban J connectivity index is 3.16. The Morgan fingerprint density at radius 2 is 2.27 bits per heavy atom. The number of methoxy groups -OCH3 is 1. The summed E-state index contributed by atoms with van der Waals surface area (Å²) in [5.74, 6) is -0.311. The maximum atomic E-state index is 11.2. The summed E-state index contributed by atoms with van der Waals surface area (Å²) in [4.78, 5) is 11.2. The third-order valence-electron chi connectivity index (χ3n) is 2.21. The van der Waals surface area contributed by atoms with Gasteiger partial charge in [0.1, 0.15) is 0 Å². The third kappa shape index (κ3) is 2.57. The second-order valence-electron chi connectivity index (χ2n) is 3.06. The van der Waals surface area contributed by atoms with Gasteiger partial charge in [-0.15, -0.1) is 0 Å². The number of benzene rings is 1. The van der Waals surface area contributed by atoms with E-state index in [1.807, 2.05) is 6.92 Å². The first-order valence-corrected chi connectivity index (χ1v) is 5.14. The molecular formula is C11H10BrNO2. The molecule has 0 aromatic heterocycles. The number of nitrogens with zero attached hydrogens (tertiary/aromatic N) is 1. The number of nitriles is 1. The van der Waals surface area contributed by atoms with Gasteiger partial charge in [-0.3, -0.25) is 4.79 Å². The maximum Gasteiger partial charge on any atom is 0.310 e. The van der Waals surface area contributed by atoms with E-state index in [1.165, 1.54) is 7.11 Å². The zero-order chi connectivity index (χ0) is 11.4. The molecule has 3 nitrogen and oxygen atoms in total. The summed E-state index contributed by atoms with van der Waals surface area (Å²) in [6.07, 6.45) is 0.179. The first-order valence-electron chi connectivity index (χ1n) is 4.35. The summed E-state index contributed by atoms with van der Waals surface area (Å²) in [6.45, 7) is 1.82. The van der Waals surface area contributed by atoms with Gasteiger partial charge in [0.2, 0.25) is 0 Å².